The maximum atomic E-state index is 9.19. The highest BCUT2D eigenvalue weighted by atomic mass is 32.1. The minimum Gasteiger partial charge on any atom is -0.362 e. The molecule has 98 valence electrons. The Hall–Kier alpha value is -1.93. The second-order valence-corrected chi connectivity index (χ2v) is 5.54. The maximum Gasteiger partial charge on any atom is 0.144 e. The van der Waals surface area contributed by atoms with Crippen LogP contribution in [-0.4, -0.2) is 9.97 Å². The van der Waals surface area contributed by atoms with E-state index in [0.29, 0.717) is 17.9 Å². The van der Waals surface area contributed by atoms with Gasteiger partial charge in [-0.15, -0.1) is 11.3 Å². The lowest BCUT2D eigenvalue weighted by molar-refractivity contribution is 1.05. The molecule has 0 amide bonds. The Bertz CT molecular complexity index is 625. The van der Waals surface area contributed by atoms with Crippen LogP contribution in [-0.2, 0) is 13.0 Å². The molecule has 5 heteroatoms. The molecule has 0 aliphatic carbocycles. The molecule has 0 aliphatic rings. The Labute approximate surface area is 117 Å². The van der Waals surface area contributed by atoms with Gasteiger partial charge in [0.2, 0.25) is 0 Å². The van der Waals surface area contributed by atoms with Crippen LogP contribution < -0.4 is 5.32 Å². The van der Waals surface area contributed by atoms with Crippen LogP contribution in [0, 0.1) is 25.2 Å². The quantitative estimate of drug-likeness (QED) is 0.928. The Kier molecular flexibility index (Phi) is 4.13. The number of thiazole rings is 1. The van der Waals surface area contributed by atoms with Gasteiger partial charge < -0.3 is 5.32 Å². The van der Waals surface area contributed by atoms with Gasteiger partial charge in [-0.3, -0.25) is 0 Å². The van der Waals surface area contributed by atoms with E-state index in [1.165, 1.54) is 4.88 Å². The normalized spacial score (nSPS) is 10.2. The molecular weight excluding hydrogens is 256 g/mol. The molecule has 19 heavy (non-hydrogen) atoms. The predicted octanol–water partition coefficient (Wildman–Crippen LogP) is 3.20. The molecule has 2 rings (SSSR count). The van der Waals surface area contributed by atoms with Crippen LogP contribution in [0.4, 0.5) is 5.82 Å². The van der Waals surface area contributed by atoms with Gasteiger partial charge in [0.15, 0.2) is 0 Å². The number of hydrogen-bond donors (Lipinski definition) is 1. The van der Waals surface area contributed by atoms with Crippen LogP contribution in [0.3, 0.4) is 0 Å². The van der Waals surface area contributed by atoms with Gasteiger partial charge in [0.25, 0.3) is 0 Å². The molecule has 2 aromatic rings. The Morgan fingerprint density at radius 3 is 2.84 bits per heavy atom. The lowest BCUT2D eigenvalue weighted by Gasteiger charge is -2.08. The van der Waals surface area contributed by atoms with Crippen molar-refractivity contribution < 1.29 is 0 Å². The van der Waals surface area contributed by atoms with Crippen molar-refractivity contribution in [2.75, 3.05) is 5.32 Å². The number of rotatable bonds is 4. The summed E-state index contributed by atoms with van der Waals surface area (Å²) in [4.78, 5) is 10.0. The average molecular weight is 272 g/mol. The van der Waals surface area contributed by atoms with Crippen molar-refractivity contribution in [3.63, 3.8) is 0 Å². The fourth-order valence-electron chi connectivity index (χ4n) is 1.86. The largest absolute Gasteiger partial charge is 0.362 e. The van der Waals surface area contributed by atoms with Crippen molar-refractivity contribution in [3.05, 3.63) is 39.0 Å². The standard InChI is InChI=1S/C14H16N4S/c1-4-11-7-16-13(19-11)8-17-14-12(6-15)9(2)5-10(3)18-14/h5,7H,4,8H2,1-3H3,(H,17,18). The van der Waals surface area contributed by atoms with Crippen molar-refractivity contribution in [1.29, 1.82) is 5.26 Å². The van der Waals surface area contributed by atoms with Gasteiger partial charge in [-0.05, 0) is 31.9 Å². The summed E-state index contributed by atoms with van der Waals surface area (Å²) in [6.45, 7) is 6.58. The number of pyridine rings is 1. The average Bonchev–Trinajstić information content (AvgIpc) is 2.83. The highest BCUT2D eigenvalue weighted by molar-refractivity contribution is 7.11. The zero-order valence-electron chi connectivity index (χ0n) is 11.3. The SMILES string of the molecule is CCc1cnc(CNc2nc(C)cc(C)c2C#N)s1. The van der Waals surface area contributed by atoms with E-state index in [2.05, 4.69) is 28.3 Å². The van der Waals surface area contributed by atoms with Crippen LogP contribution in [0.25, 0.3) is 0 Å². The fraction of sp³-hybridized carbons (Fsp3) is 0.357. The smallest absolute Gasteiger partial charge is 0.144 e. The Morgan fingerprint density at radius 2 is 2.21 bits per heavy atom. The Morgan fingerprint density at radius 1 is 1.42 bits per heavy atom. The number of aromatic nitrogens is 2. The van der Waals surface area contributed by atoms with E-state index >= 15 is 0 Å². The molecule has 0 aromatic carbocycles. The van der Waals surface area contributed by atoms with Gasteiger partial charge >= 0.3 is 0 Å². The molecule has 2 aromatic heterocycles. The molecule has 0 fully saturated rings. The summed E-state index contributed by atoms with van der Waals surface area (Å²) in [5.74, 6) is 0.647. The van der Waals surface area contributed by atoms with Crippen LogP contribution in [0.2, 0.25) is 0 Å². The molecule has 0 radical (unpaired) electrons. The highest BCUT2D eigenvalue weighted by Crippen LogP contribution is 2.19. The highest BCUT2D eigenvalue weighted by Gasteiger charge is 2.09. The Balaban J connectivity index is 2.17. The second-order valence-electron chi connectivity index (χ2n) is 4.34. The first-order valence-electron chi connectivity index (χ1n) is 6.19. The topological polar surface area (TPSA) is 61.6 Å². The van der Waals surface area contributed by atoms with Gasteiger partial charge in [0, 0.05) is 16.8 Å². The summed E-state index contributed by atoms with van der Waals surface area (Å²) in [6, 6.07) is 4.12. The first-order chi connectivity index (χ1) is 9.13. The summed E-state index contributed by atoms with van der Waals surface area (Å²) in [5.41, 5.74) is 2.47. The number of nitrogens with one attached hydrogen (secondary N) is 1. The van der Waals surface area contributed by atoms with E-state index in [9.17, 15) is 5.26 Å². The number of anilines is 1. The van der Waals surface area contributed by atoms with Crippen molar-refractivity contribution in [2.24, 2.45) is 0 Å². The fourth-order valence-corrected chi connectivity index (χ4v) is 2.66. The van der Waals surface area contributed by atoms with E-state index in [1.807, 2.05) is 26.1 Å². The summed E-state index contributed by atoms with van der Waals surface area (Å²) in [7, 11) is 0. The van der Waals surface area contributed by atoms with E-state index in [4.69, 9.17) is 0 Å². The van der Waals surface area contributed by atoms with E-state index < -0.39 is 0 Å². The van der Waals surface area contributed by atoms with Crippen molar-refractivity contribution >= 4 is 17.2 Å². The van der Waals surface area contributed by atoms with Crippen molar-refractivity contribution in [3.8, 4) is 6.07 Å². The van der Waals surface area contributed by atoms with Gasteiger partial charge in [0.05, 0.1) is 12.1 Å². The van der Waals surface area contributed by atoms with E-state index in [-0.39, 0.29) is 0 Å². The molecule has 0 aliphatic heterocycles. The van der Waals surface area contributed by atoms with Crippen LogP contribution in [0.5, 0.6) is 0 Å². The van der Waals surface area contributed by atoms with Gasteiger partial charge in [-0.2, -0.15) is 5.26 Å². The molecule has 0 saturated carbocycles. The molecule has 0 bridgehead atoms. The van der Waals surface area contributed by atoms with Gasteiger partial charge in [-0.25, -0.2) is 9.97 Å². The first-order valence-corrected chi connectivity index (χ1v) is 7.01. The zero-order valence-corrected chi connectivity index (χ0v) is 12.1. The predicted molar refractivity (Wildman–Crippen MR) is 77.2 cm³/mol. The summed E-state index contributed by atoms with van der Waals surface area (Å²) in [5, 5.41) is 13.4. The summed E-state index contributed by atoms with van der Waals surface area (Å²) < 4.78 is 0. The minimum absolute atomic E-state index is 0.606. The second kappa shape index (κ2) is 5.81. The number of nitrogens with zero attached hydrogens (tertiary/aromatic N) is 3. The molecule has 0 saturated heterocycles. The molecule has 4 nitrogen and oxygen atoms in total. The monoisotopic (exact) mass is 272 g/mol. The molecule has 0 spiro atoms. The molecular formula is C14H16N4S. The van der Waals surface area contributed by atoms with Crippen molar-refractivity contribution in [1.82, 2.24) is 9.97 Å². The van der Waals surface area contributed by atoms with Gasteiger partial charge in [0.1, 0.15) is 16.9 Å². The van der Waals surface area contributed by atoms with Crippen molar-refractivity contribution in [2.45, 2.75) is 33.7 Å². The van der Waals surface area contributed by atoms with E-state index in [1.54, 1.807) is 11.3 Å². The molecule has 0 atom stereocenters. The number of aryl methyl sites for hydroxylation is 3. The molecule has 1 N–H and O–H groups in total. The van der Waals surface area contributed by atoms with E-state index in [0.717, 1.165) is 22.7 Å². The first kappa shape index (κ1) is 13.5. The lowest BCUT2D eigenvalue weighted by Crippen LogP contribution is -2.05. The van der Waals surface area contributed by atoms with Crippen LogP contribution in [0.15, 0.2) is 12.3 Å². The third-order valence-corrected chi connectivity index (χ3v) is 3.96. The van der Waals surface area contributed by atoms with Gasteiger partial charge in [-0.1, -0.05) is 6.92 Å². The number of nitriles is 1. The lowest BCUT2D eigenvalue weighted by atomic mass is 10.1. The maximum absolute atomic E-state index is 9.19. The van der Waals surface area contributed by atoms with Crippen LogP contribution >= 0.6 is 11.3 Å². The minimum atomic E-state index is 0.606. The summed E-state index contributed by atoms with van der Waals surface area (Å²) >= 11 is 1.69. The zero-order chi connectivity index (χ0) is 13.8. The third-order valence-electron chi connectivity index (χ3n) is 2.81. The number of hydrogen-bond acceptors (Lipinski definition) is 5. The molecule has 2 heterocycles. The summed E-state index contributed by atoms with van der Waals surface area (Å²) in [6.07, 6.45) is 2.91. The molecule has 0 unspecified atom stereocenters. The third kappa shape index (κ3) is 3.09. The van der Waals surface area contributed by atoms with Crippen LogP contribution in [0.1, 0.15) is 33.6 Å².